The number of aryl methyl sites for hydroxylation is 1. The number of nitrogens with one attached hydrogen (secondary N) is 1. The van der Waals surface area contributed by atoms with Crippen LogP contribution in [-0.2, 0) is 6.42 Å². The van der Waals surface area contributed by atoms with Gasteiger partial charge in [-0.25, -0.2) is 0 Å². The lowest BCUT2D eigenvalue weighted by Gasteiger charge is -2.02. The van der Waals surface area contributed by atoms with Gasteiger partial charge in [-0.2, -0.15) is 5.26 Å². The van der Waals surface area contributed by atoms with E-state index in [1.807, 2.05) is 38.1 Å². The summed E-state index contributed by atoms with van der Waals surface area (Å²) >= 11 is 9.14. The third-order valence-corrected chi connectivity index (χ3v) is 6.38. The minimum absolute atomic E-state index is 0.267. The molecule has 2 aromatic heterocycles. The second-order valence-electron chi connectivity index (χ2n) is 5.00. The summed E-state index contributed by atoms with van der Waals surface area (Å²) in [6, 6.07) is 9.85. The van der Waals surface area contributed by atoms with Gasteiger partial charge in [0.2, 0.25) is 0 Å². The minimum atomic E-state index is -0.267. The maximum atomic E-state index is 12.6. The SMILES string of the molecule is CCc1c(C)sc(NC(=O)c2sc3ccccc3c2Cl)c1C#N. The van der Waals surface area contributed by atoms with Crippen molar-refractivity contribution in [3.05, 3.63) is 50.2 Å². The van der Waals surface area contributed by atoms with Gasteiger partial charge in [0.1, 0.15) is 15.9 Å². The van der Waals surface area contributed by atoms with Crippen LogP contribution in [0, 0.1) is 18.3 Å². The van der Waals surface area contributed by atoms with Crippen LogP contribution in [0.15, 0.2) is 24.3 Å². The fourth-order valence-corrected chi connectivity index (χ4v) is 5.03. The third kappa shape index (κ3) is 2.74. The molecule has 3 aromatic rings. The summed E-state index contributed by atoms with van der Waals surface area (Å²) in [7, 11) is 0. The molecule has 0 aliphatic heterocycles. The molecule has 0 bridgehead atoms. The van der Waals surface area contributed by atoms with Crippen LogP contribution in [0.5, 0.6) is 0 Å². The van der Waals surface area contributed by atoms with Gasteiger partial charge in [0.15, 0.2) is 0 Å². The molecule has 3 rings (SSSR count). The predicted octanol–water partition coefficient (Wildman–Crippen LogP) is 5.61. The Morgan fingerprint density at radius 1 is 1.35 bits per heavy atom. The zero-order valence-electron chi connectivity index (χ0n) is 12.6. The first-order valence-electron chi connectivity index (χ1n) is 7.07. The van der Waals surface area contributed by atoms with E-state index in [9.17, 15) is 10.1 Å². The van der Waals surface area contributed by atoms with Crippen molar-refractivity contribution in [2.45, 2.75) is 20.3 Å². The van der Waals surface area contributed by atoms with Gasteiger partial charge in [-0.05, 0) is 25.0 Å². The van der Waals surface area contributed by atoms with Crippen molar-refractivity contribution in [2.24, 2.45) is 0 Å². The van der Waals surface area contributed by atoms with E-state index in [4.69, 9.17) is 11.6 Å². The average Bonchev–Trinajstić information content (AvgIpc) is 3.04. The number of halogens is 1. The van der Waals surface area contributed by atoms with Crippen molar-refractivity contribution in [1.82, 2.24) is 0 Å². The van der Waals surface area contributed by atoms with Crippen molar-refractivity contribution in [1.29, 1.82) is 5.26 Å². The normalized spacial score (nSPS) is 10.7. The first-order valence-corrected chi connectivity index (χ1v) is 9.08. The molecule has 0 atom stereocenters. The first kappa shape index (κ1) is 16.0. The molecule has 1 amide bonds. The Bertz CT molecular complexity index is 950. The van der Waals surface area contributed by atoms with Gasteiger partial charge in [-0.1, -0.05) is 36.7 Å². The van der Waals surface area contributed by atoms with Crippen molar-refractivity contribution in [3.63, 3.8) is 0 Å². The lowest BCUT2D eigenvalue weighted by Crippen LogP contribution is -2.10. The maximum absolute atomic E-state index is 12.6. The largest absolute Gasteiger partial charge is 0.312 e. The molecule has 1 N–H and O–H groups in total. The number of hydrogen-bond acceptors (Lipinski definition) is 4. The first-order chi connectivity index (χ1) is 11.1. The van der Waals surface area contributed by atoms with Crippen LogP contribution in [0.1, 0.15) is 32.6 Å². The Morgan fingerprint density at radius 2 is 2.09 bits per heavy atom. The van der Waals surface area contributed by atoms with Crippen LogP contribution in [0.2, 0.25) is 5.02 Å². The van der Waals surface area contributed by atoms with Crippen molar-refractivity contribution in [2.75, 3.05) is 5.32 Å². The number of nitriles is 1. The highest BCUT2D eigenvalue weighted by atomic mass is 35.5. The zero-order chi connectivity index (χ0) is 16.6. The van der Waals surface area contributed by atoms with E-state index in [2.05, 4.69) is 11.4 Å². The van der Waals surface area contributed by atoms with Crippen LogP contribution in [0.3, 0.4) is 0 Å². The average molecular weight is 361 g/mol. The number of anilines is 1. The van der Waals surface area contributed by atoms with E-state index in [-0.39, 0.29) is 5.91 Å². The van der Waals surface area contributed by atoms with Gasteiger partial charge < -0.3 is 5.32 Å². The lowest BCUT2D eigenvalue weighted by atomic mass is 10.1. The molecule has 6 heteroatoms. The summed E-state index contributed by atoms with van der Waals surface area (Å²) in [5.41, 5.74) is 1.55. The standard InChI is InChI=1S/C17H13ClN2OS2/c1-3-10-9(2)22-17(12(10)8-19)20-16(21)15-14(18)11-6-4-5-7-13(11)23-15/h4-7H,3H2,1-2H3,(H,20,21). The van der Waals surface area contributed by atoms with Crippen molar-refractivity contribution >= 4 is 55.3 Å². The molecule has 0 aliphatic rings. The fourth-order valence-electron chi connectivity index (χ4n) is 2.53. The quantitative estimate of drug-likeness (QED) is 0.659. The molecule has 2 heterocycles. The number of rotatable bonds is 3. The summed E-state index contributed by atoms with van der Waals surface area (Å²) < 4.78 is 0.972. The van der Waals surface area contributed by atoms with Gasteiger partial charge in [-0.3, -0.25) is 4.79 Å². The van der Waals surface area contributed by atoms with Gasteiger partial charge in [-0.15, -0.1) is 22.7 Å². The molecule has 0 radical (unpaired) electrons. The van der Waals surface area contributed by atoms with E-state index in [1.54, 1.807) is 0 Å². The van der Waals surface area contributed by atoms with E-state index in [0.717, 1.165) is 26.9 Å². The second kappa shape index (κ2) is 6.32. The number of carbonyl (C=O) groups excluding carboxylic acids is 1. The summed E-state index contributed by atoms with van der Waals surface area (Å²) in [4.78, 5) is 14.1. The number of hydrogen-bond donors (Lipinski definition) is 1. The molecule has 0 saturated carbocycles. The van der Waals surface area contributed by atoms with Crippen LogP contribution in [0.4, 0.5) is 5.00 Å². The van der Waals surface area contributed by atoms with Gasteiger partial charge in [0.05, 0.1) is 10.6 Å². The molecule has 0 fully saturated rings. The Hall–Kier alpha value is -1.87. The monoisotopic (exact) mass is 360 g/mol. The fraction of sp³-hybridized carbons (Fsp3) is 0.176. The Balaban J connectivity index is 1.99. The molecule has 23 heavy (non-hydrogen) atoms. The smallest absolute Gasteiger partial charge is 0.267 e. The molecular formula is C17H13ClN2OS2. The molecule has 1 aromatic carbocycles. The van der Waals surface area contributed by atoms with Crippen LogP contribution in [0.25, 0.3) is 10.1 Å². The zero-order valence-corrected chi connectivity index (χ0v) is 15.0. The van der Waals surface area contributed by atoms with E-state index in [0.29, 0.717) is 20.5 Å². The van der Waals surface area contributed by atoms with Crippen LogP contribution >= 0.6 is 34.3 Å². The van der Waals surface area contributed by atoms with Gasteiger partial charge in [0.25, 0.3) is 5.91 Å². The van der Waals surface area contributed by atoms with E-state index in [1.165, 1.54) is 22.7 Å². The minimum Gasteiger partial charge on any atom is -0.312 e. The van der Waals surface area contributed by atoms with E-state index >= 15 is 0 Å². The van der Waals surface area contributed by atoms with E-state index < -0.39 is 0 Å². The molecule has 116 valence electrons. The lowest BCUT2D eigenvalue weighted by molar-refractivity contribution is 0.103. The molecule has 0 saturated heterocycles. The highest BCUT2D eigenvalue weighted by Gasteiger charge is 2.21. The van der Waals surface area contributed by atoms with Crippen LogP contribution in [-0.4, -0.2) is 5.91 Å². The number of carbonyl (C=O) groups is 1. The van der Waals surface area contributed by atoms with Gasteiger partial charge >= 0.3 is 0 Å². The number of thiophene rings is 2. The molecule has 0 aliphatic carbocycles. The summed E-state index contributed by atoms with van der Waals surface area (Å²) in [6.45, 7) is 3.97. The summed E-state index contributed by atoms with van der Waals surface area (Å²) in [6.07, 6.45) is 0.769. The number of fused-ring (bicyclic) bond motifs is 1. The molecule has 0 spiro atoms. The number of amides is 1. The number of benzene rings is 1. The summed E-state index contributed by atoms with van der Waals surface area (Å²) in [5, 5.41) is 14.2. The number of nitrogens with zero attached hydrogens (tertiary/aromatic N) is 1. The van der Waals surface area contributed by atoms with Crippen molar-refractivity contribution in [3.8, 4) is 6.07 Å². The maximum Gasteiger partial charge on any atom is 0.267 e. The predicted molar refractivity (Wildman–Crippen MR) is 97.9 cm³/mol. The molecule has 3 nitrogen and oxygen atoms in total. The van der Waals surface area contributed by atoms with Crippen LogP contribution < -0.4 is 5.32 Å². The molecule has 0 unspecified atom stereocenters. The molecular weight excluding hydrogens is 348 g/mol. The Labute approximate surface area is 147 Å². The summed E-state index contributed by atoms with van der Waals surface area (Å²) in [5.74, 6) is -0.267. The third-order valence-electron chi connectivity index (χ3n) is 3.64. The Kier molecular flexibility index (Phi) is 4.40. The second-order valence-corrected chi connectivity index (χ2v) is 7.66. The van der Waals surface area contributed by atoms with Crippen molar-refractivity contribution < 1.29 is 4.79 Å². The topological polar surface area (TPSA) is 52.9 Å². The highest BCUT2D eigenvalue weighted by molar-refractivity contribution is 7.22. The van der Waals surface area contributed by atoms with Gasteiger partial charge in [0, 0.05) is 15.0 Å². The highest BCUT2D eigenvalue weighted by Crippen LogP contribution is 2.37. The Morgan fingerprint density at radius 3 is 2.74 bits per heavy atom.